The number of H-pyrrole nitrogens is 1. The standard InChI is InChI=1S/C17H16N2O/c1-12(20)10-15(13-6-3-2-4-7-13)16-11-19-17-14(16)8-5-9-18-17/h2-9,11,15H,10H2,1H3,(H,18,19). The Hall–Kier alpha value is -2.42. The zero-order valence-corrected chi connectivity index (χ0v) is 11.3. The van der Waals surface area contributed by atoms with Crippen molar-refractivity contribution in [3.63, 3.8) is 0 Å². The number of aromatic amines is 1. The molecular weight excluding hydrogens is 248 g/mol. The molecule has 3 heteroatoms. The molecule has 1 atom stereocenters. The molecule has 0 aliphatic heterocycles. The number of hydrogen-bond donors (Lipinski definition) is 1. The summed E-state index contributed by atoms with van der Waals surface area (Å²) in [6.45, 7) is 1.64. The van der Waals surface area contributed by atoms with Crippen LogP contribution in [0.5, 0.6) is 0 Å². The smallest absolute Gasteiger partial charge is 0.137 e. The summed E-state index contributed by atoms with van der Waals surface area (Å²) >= 11 is 0. The van der Waals surface area contributed by atoms with E-state index in [1.165, 1.54) is 0 Å². The number of nitrogens with one attached hydrogen (secondary N) is 1. The summed E-state index contributed by atoms with van der Waals surface area (Å²) in [5.41, 5.74) is 3.16. The van der Waals surface area contributed by atoms with Gasteiger partial charge in [-0.25, -0.2) is 4.98 Å². The third kappa shape index (κ3) is 2.35. The van der Waals surface area contributed by atoms with Gasteiger partial charge in [0.25, 0.3) is 0 Å². The molecule has 2 heterocycles. The van der Waals surface area contributed by atoms with Crippen molar-refractivity contribution in [3.05, 3.63) is 66.0 Å². The van der Waals surface area contributed by atoms with Gasteiger partial charge in [-0.15, -0.1) is 0 Å². The molecule has 0 amide bonds. The first-order chi connectivity index (χ1) is 9.75. The van der Waals surface area contributed by atoms with Gasteiger partial charge in [0, 0.05) is 30.1 Å². The molecule has 100 valence electrons. The van der Waals surface area contributed by atoms with Gasteiger partial charge in [-0.1, -0.05) is 30.3 Å². The summed E-state index contributed by atoms with van der Waals surface area (Å²) in [5.74, 6) is 0.267. The molecule has 0 saturated heterocycles. The second-order valence-corrected chi connectivity index (χ2v) is 5.01. The summed E-state index contributed by atoms with van der Waals surface area (Å²) in [6, 6.07) is 14.1. The molecule has 3 nitrogen and oxygen atoms in total. The molecule has 3 rings (SSSR count). The lowest BCUT2D eigenvalue weighted by Gasteiger charge is -2.15. The highest BCUT2D eigenvalue weighted by Gasteiger charge is 2.19. The monoisotopic (exact) mass is 264 g/mol. The summed E-state index contributed by atoms with van der Waals surface area (Å²) in [6.07, 6.45) is 4.25. The van der Waals surface area contributed by atoms with Crippen LogP contribution < -0.4 is 0 Å². The number of aromatic nitrogens is 2. The maximum Gasteiger partial charge on any atom is 0.137 e. The van der Waals surface area contributed by atoms with Crippen LogP contribution in [0.25, 0.3) is 11.0 Å². The highest BCUT2D eigenvalue weighted by atomic mass is 16.1. The number of Topliss-reactive ketones (excluding diaryl/α,β-unsaturated/α-hetero) is 1. The number of nitrogens with zero attached hydrogens (tertiary/aromatic N) is 1. The lowest BCUT2D eigenvalue weighted by Crippen LogP contribution is -2.05. The lowest BCUT2D eigenvalue weighted by molar-refractivity contribution is -0.117. The molecule has 0 aliphatic carbocycles. The summed E-state index contributed by atoms with van der Waals surface area (Å²) in [4.78, 5) is 19.1. The van der Waals surface area contributed by atoms with Crippen molar-refractivity contribution in [2.75, 3.05) is 0 Å². The Morgan fingerprint density at radius 2 is 2.00 bits per heavy atom. The first-order valence-corrected chi connectivity index (χ1v) is 6.72. The molecular formula is C17H16N2O. The molecule has 0 saturated carbocycles. The topological polar surface area (TPSA) is 45.8 Å². The number of rotatable bonds is 4. The van der Waals surface area contributed by atoms with Gasteiger partial charge in [0.1, 0.15) is 11.4 Å². The minimum absolute atomic E-state index is 0.0756. The predicted molar refractivity (Wildman–Crippen MR) is 79.7 cm³/mol. The molecule has 0 fully saturated rings. The van der Waals surface area contributed by atoms with Crippen molar-refractivity contribution in [1.29, 1.82) is 0 Å². The second kappa shape index (κ2) is 5.29. The number of hydrogen-bond acceptors (Lipinski definition) is 2. The third-order valence-corrected chi connectivity index (χ3v) is 3.55. The minimum Gasteiger partial charge on any atom is -0.346 e. The fourth-order valence-corrected chi connectivity index (χ4v) is 2.65. The van der Waals surface area contributed by atoms with Crippen molar-refractivity contribution in [2.45, 2.75) is 19.3 Å². The Kier molecular flexibility index (Phi) is 3.33. The maximum atomic E-state index is 11.6. The Morgan fingerprint density at radius 3 is 2.75 bits per heavy atom. The van der Waals surface area contributed by atoms with Gasteiger partial charge in [-0.05, 0) is 30.2 Å². The molecule has 2 aromatic heterocycles. The molecule has 0 bridgehead atoms. The van der Waals surface area contributed by atoms with Crippen molar-refractivity contribution in [3.8, 4) is 0 Å². The normalized spacial score (nSPS) is 12.4. The average Bonchev–Trinajstić information content (AvgIpc) is 2.89. The zero-order valence-electron chi connectivity index (χ0n) is 11.3. The van der Waals surface area contributed by atoms with E-state index >= 15 is 0 Å². The fourth-order valence-electron chi connectivity index (χ4n) is 2.65. The minimum atomic E-state index is 0.0756. The van der Waals surface area contributed by atoms with E-state index in [0.29, 0.717) is 6.42 Å². The van der Waals surface area contributed by atoms with Gasteiger partial charge in [0.05, 0.1) is 0 Å². The highest BCUT2D eigenvalue weighted by Crippen LogP contribution is 2.32. The van der Waals surface area contributed by atoms with Gasteiger partial charge in [0.15, 0.2) is 0 Å². The van der Waals surface area contributed by atoms with Crippen molar-refractivity contribution >= 4 is 16.8 Å². The molecule has 20 heavy (non-hydrogen) atoms. The highest BCUT2D eigenvalue weighted by molar-refractivity contribution is 5.83. The van der Waals surface area contributed by atoms with E-state index in [9.17, 15) is 4.79 Å². The van der Waals surface area contributed by atoms with Crippen molar-refractivity contribution in [2.24, 2.45) is 0 Å². The molecule has 1 aromatic carbocycles. The van der Waals surface area contributed by atoms with E-state index in [4.69, 9.17) is 0 Å². The van der Waals surface area contributed by atoms with E-state index < -0.39 is 0 Å². The number of carbonyl (C=O) groups is 1. The molecule has 0 radical (unpaired) electrons. The summed E-state index contributed by atoms with van der Waals surface area (Å²) < 4.78 is 0. The van der Waals surface area contributed by atoms with Gasteiger partial charge in [0.2, 0.25) is 0 Å². The third-order valence-electron chi connectivity index (χ3n) is 3.55. The Labute approximate surface area is 117 Å². The Morgan fingerprint density at radius 1 is 1.20 bits per heavy atom. The van der Waals surface area contributed by atoms with E-state index in [1.54, 1.807) is 13.1 Å². The summed E-state index contributed by atoms with van der Waals surface area (Å²) in [7, 11) is 0. The van der Waals surface area contributed by atoms with Gasteiger partial charge < -0.3 is 4.98 Å². The predicted octanol–water partition coefficient (Wildman–Crippen LogP) is 3.67. The van der Waals surface area contributed by atoms with Gasteiger partial charge in [-0.3, -0.25) is 4.79 Å². The fraction of sp³-hybridized carbons (Fsp3) is 0.176. The number of carbonyl (C=O) groups excluding carboxylic acids is 1. The van der Waals surface area contributed by atoms with Crippen LogP contribution in [0.2, 0.25) is 0 Å². The van der Waals surface area contributed by atoms with Crippen LogP contribution in [-0.4, -0.2) is 15.8 Å². The van der Waals surface area contributed by atoms with Crippen LogP contribution in [-0.2, 0) is 4.79 Å². The maximum absolute atomic E-state index is 11.6. The van der Waals surface area contributed by atoms with Gasteiger partial charge >= 0.3 is 0 Å². The molecule has 0 aliphatic rings. The van der Waals surface area contributed by atoms with Crippen LogP contribution in [0, 0.1) is 0 Å². The molecule has 1 N–H and O–H groups in total. The Balaban J connectivity index is 2.12. The number of pyridine rings is 1. The largest absolute Gasteiger partial charge is 0.346 e. The lowest BCUT2D eigenvalue weighted by atomic mass is 9.87. The van der Waals surface area contributed by atoms with Crippen molar-refractivity contribution < 1.29 is 4.79 Å². The van der Waals surface area contributed by atoms with Crippen molar-refractivity contribution in [1.82, 2.24) is 9.97 Å². The quantitative estimate of drug-likeness (QED) is 0.781. The van der Waals surface area contributed by atoms with E-state index in [0.717, 1.165) is 22.2 Å². The molecule has 0 spiro atoms. The van der Waals surface area contributed by atoms with Crippen LogP contribution >= 0.6 is 0 Å². The van der Waals surface area contributed by atoms with E-state index in [2.05, 4.69) is 22.1 Å². The number of benzene rings is 1. The number of fused-ring (bicyclic) bond motifs is 1. The second-order valence-electron chi connectivity index (χ2n) is 5.01. The van der Waals surface area contributed by atoms with Crippen LogP contribution in [0.3, 0.4) is 0 Å². The first-order valence-electron chi connectivity index (χ1n) is 6.72. The summed E-state index contributed by atoms with van der Waals surface area (Å²) in [5, 5.41) is 1.09. The van der Waals surface area contributed by atoms with Gasteiger partial charge in [-0.2, -0.15) is 0 Å². The zero-order chi connectivity index (χ0) is 13.9. The first kappa shape index (κ1) is 12.6. The SMILES string of the molecule is CC(=O)CC(c1ccccc1)c1c[nH]c2ncccc12. The average molecular weight is 264 g/mol. The molecule has 3 aromatic rings. The number of ketones is 1. The van der Waals surface area contributed by atoms with Crippen LogP contribution in [0.15, 0.2) is 54.9 Å². The van der Waals surface area contributed by atoms with Crippen LogP contribution in [0.4, 0.5) is 0 Å². The van der Waals surface area contributed by atoms with E-state index in [-0.39, 0.29) is 11.7 Å². The van der Waals surface area contributed by atoms with E-state index in [1.807, 2.05) is 36.5 Å². The Bertz CT molecular complexity index is 731. The molecule has 1 unspecified atom stereocenters. The van der Waals surface area contributed by atoms with Crippen LogP contribution in [0.1, 0.15) is 30.4 Å².